The van der Waals surface area contributed by atoms with Crippen LogP contribution in [-0.4, -0.2) is 64.1 Å². The Morgan fingerprint density at radius 1 is 1.04 bits per heavy atom. The highest BCUT2D eigenvalue weighted by Crippen LogP contribution is 2.56. The predicted octanol–water partition coefficient (Wildman–Crippen LogP) is 4.67. The van der Waals surface area contributed by atoms with Gasteiger partial charge in [-0.3, -0.25) is 9.59 Å². The number of amidine groups is 1. The number of aromatic nitrogens is 1. The molecule has 1 aromatic heterocycles. The van der Waals surface area contributed by atoms with Gasteiger partial charge in [0.2, 0.25) is 5.91 Å². The second-order valence-corrected chi connectivity index (χ2v) is 13.7. The molecule has 248 valence electrons. The fourth-order valence-corrected chi connectivity index (χ4v) is 7.46. The lowest BCUT2D eigenvalue weighted by atomic mass is 9.90. The molecule has 6 rings (SSSR count). The van der Waals surface area contributed by atoms with Crippen molar-refractivity contribution in [1.29, 1.82) is 0 Å². The third-order valence-corrected chi connectivity index (χ3v) is 10.5. The number of aliphatic imine (C=N–C) groups is 1. The number of carbonyl (C=O) groups is 2. The first-order valence-electron chi connectivity index (χ1n) is 16.2. The Morgan fingerprint density at radius 3 is 2.54 bits per heavy atom. The quantitative estimate of drug-likeness (QED) is 0.0523. The summed E-state index contributed by atoms with van der Waals surface area (Å²) in [6, 6.07) is 23.5. The van der Waals surface area contributed by atoms with E-state index < -0.39 is 0 Å². The van der Waals surface area contributed by atoms with Crippen molar-refractivity contribution in [2.75, 3.05) is 31.6 Å². The first-order valence-corrected chi connectivity index (χ1v) is 17.0. The van der Waals surface area contributed by atoms with Gasteiger partial charge >= 0.3 is 0 Å². The summed E-state index contributed by atoms with van der Waals surface area (Å²) in [5.41, 5.74) is 14.8. The highest BCUT2D eigenvalue weighted by atomic mass is 32.2. The minimum Gasteiger partial charge on any atom is -0.395 e. The van der Waals surface area contributed by atoms with E-state index in [4.69, 9.17) is 10.8 Å². The van der Waals surface area contributed by atoms with Gasteiger partial charge in [-0.05, 0) is 89.5 Å². The van der Waals surface area contributed by atoms with Crippen molar-refractivity contribution >= 4 is 40.9 Å². The average Bonchev–Trinajstić information content (AvgIpc) is 3.61. The molecule has 2 aliphatic heterocycles. The van der Waals surface area contributed by atoms with E-state index in [2.05, 4.69) is 56.4 Å². The van der Waals surface area contributed by atoms with Crippen molar-refractivity contribution in [3.05, 3.63) is 101 Å². The second kappa shape index (κ2) is 14.7. The van der Waals surface area contributed by atoms with E-state index in [0.29, 0.717) is 48.5 Å². The van der Waals surface area contributed by atoms with E-state index in [9.17, 15) is 9.59 Å². The first kappa shape index (κ1) is 33.4. The monoisotopic (exact) mass is 663 g/mol. The summed E-state index contributed by atoms with van der Waals surface area (Å²) in [4.78, 5) is 33.7. The molecule has 48 heavy (non-hydrogen) atoms. The van der Waals surface area contributed by atoms with Gasteiger partial charge in [0.05, 0.1) is 23.3 Å². The van der Waals surface area contributed by atoms with Crippen LogP contribution in [0.4, 0.5) is 11.5 Å². The van der Waals surface area contributed by atoms with Crippen LogP contribution in [0.5, 0.6) is 0 Å². The molecule has 2 atom stereocenters. The number of amides is 2. The van der Waals surface area contributed by atoms with Gasteiger partial charge < -0.3 is 32.1 Å². The molecule has 0 radical (unpaired) electrons. The number of anilines is 1. The Balaban J connectivity index is 1.13. The van der Waals surface area contributed by atoms with Gasteiger partial charge in [-0.15, -0.1) is 11.8 Å². The molecule has 2 amide bonds. The number of hydrogen-bond donors (Lipinski definition) is 6. The average molecular weight is 664 g/mol. The maximum Gasteiger partial charge on any atom is 0.255 e. The van der Waals surface area contributed by atoms with Crippen molar-refractivity contribution in [2.45, 2.75) is 43.4 Å². The topological polar surface area (TPSA) is 154 Å². The normalized spacial score (nSPS) is 18.6. The van der Waals surface area contributed by atoms with Gasteiger partial charge in [0.1, 0.15) is 5.84 Å². The van der Waals surface area contributed by atoms with E-state index >= 15 is 0 Å². The number of rotatable bonds is 13. The number of aliphatic hydroxyl groups excluding tert-OH is 1. The molecular formula is C37H41N7O3S. The van der Waals surface area contributed by atoms with Crippen LogP contribution in [0.15, 0.2) is 84.0 Å². The minimum atomic E-state index is -0.174. The van der Waals surface area contributed by atoms with Gasteiger partial charge in [-0.25, -0.2) is 9.98 Å². The van der Waals surface area contributed by atoms with Crippen molar-refractivity contribution < 1.29 is 14.7 Å². The summed E-state index contributed by atoms with van der Waals surface area (Å²) in [6.45, 7) is 6.55. The Morgan fingerprint density at radius 2 is 1.79 bits per heavy atom. The summed E-state index contributed by atoms with van der Waals surface area (Å²) < 4.78 is 0. The van der Waals surface area contributed by atoms with Crippen molar-refractivity contribution in [1.82, 2.24) is 20.9 Å². The molecule has 3 heterocycles. The molecule has 10 nitrogen and oxygen atoms in total. The smallest absolute Gasteiger partial charge is 0.255 e. The van der Waals surface area contributed by atoms with E-state index in [0.717, 1.165) is 57.6 Å². The van der Waals surface area contributed by atoms with Crippen molar-refractivity contribution in [3.63, 3.8) is 0 Å². The molecule has 11 heteroatoms. The van der Waals surface area contributed by atoms with Crippen LogP contribution in [-0.2, 0) is 11.3 Å². The molecule has 7 N–H and O–H groups in total. The van der Waals surface area contributed by atoms with Crippen LogP contribution in [0.3, 0.4) is 0 Å². The summed E-state index contributed by atoms with van der Waals surface area (Å²) in [5.74, 6) is 0.939. The van der Waals surface area contributed by atoms with Gasteiger partial charge in [0, 0.05) is 43.5 Å². The molecule has 0 bridgehead atoms. The number of pyridine rings is 1. The summed E-state index contributed by atoms with van der Waals surface area (Å²) in [6.07, 6.45) is 3.23. The van der Waals surface area contributed by atoms with Crippen LogP contribution >= 0.6 is 11.8 Å². The fraction of sp³-hybridized carbons (Fsp3) is 0.297. The van der Waals surface area contributed by atoms with Crippen molar-refractivity contribution in [2.24, 2.45) is 10.7 Å². The van der Waals surface area contributed by atoms with E-state index in [-0.39, 0.29) is 23.3 Å². The lowest BCUT2D eigenvalue weighted by Crippen LogP contribution is -2.37. The molecule has 4 aromatic rings. The summed E-state index contributed by atoms with van der Waals surface area (Å²) in [7, 11) is 0. The van der Waals surface area contributed by atoms with E-state index in [1.807, 2.05) is 61.5 Å². The maximum absolute atomic E-state index is 13.2. The Hall–Kier alpha value is -4.55. The number of nitrogens with zero attached hydrogens (tertiary/aromatic N) is 2. The van der Waals surface area contributed by atoms with E-state index in [1.165, 1.54) is 0 Å². The zero-order valence-electron chi connectivity index (χ0n) is 27.2. The van der Waals surface area contributed by atoms with E-state index in [1.54, 1.807) is 18.0 Å². The van der Waals surface area contributed by atoms with Gasteiger partial charge in [0.25, 0.3) is 5.91 Å². The number of thioether (sulfide) groups is 1. The fourth-order valence-electron chi connectivity index (χ4n) is 6.16. The first-order chi connectivity index (χ1) is 23.3. The van der Waals surface area contributed by atoms with Crippen molar-refractivity contribution in [3.8, 4) is 22.3 Å². The third-order valence-electron chi connectivity index (χ3n) is 8.88. The number of aliphatic hydroxyl groups is 1. The standard InChI is InChI=1S/C37H41N7O3S/c1-23-28(27-14-16-41-34(19-27)43-33(38)22-40-21-32-37(48-32)15-13-35(46)44-37)5-3-6-29(23)30-7-4-8-31(24(30)2)42-36(47)26-11-9-25(10-12-26)20-39-17-18-45/h3-12,14,16,19,32,39-40,45H,13,15,17-18,20-22H2,1-2H3,(H,42,47)(H,44,46)(H2,38,41,43). The predicted molar refractivity (Wildman–Crippen MR) is 193 cm³/mol. The van der Waals surface area contributed by atoms with Crippen LogP contribution in [0.2, 0.25) is 0 Å². The lowest BCUT2D eigenvalue weighted by molar-refractivity contribution is -0.119. The third kappa shape index (κ3) is 7.60. The van der Waals surface area contributed by atoms with Gasteiger partial charge in [-0.1, -0.05) is 42.5 Å². The molecule has 0 aliphatic carbocycles. The van der Waals surface area contributed by atoms with Gasteiger partial charge in [0.15, 0.2) is 5.82 Å². The van der Waals surface area contributed by atoms with Crippen LogP contribution < -0.4 is 27.0 Å². The molecule has 2 unspecified atom stereocenters. The second-order valence-electron chi connectivity index (χ2n) is 12.2. The molecular weight excluding hydrogens is 623 g/mol. The number of hydrogen-bond acceptors (Lipinski definition) is 8. The number of nitrogens with two attached hydrogens (primary N) is 1. The van der Waals surface area contributed by atoms with Gasteiger partial charge in [-0.2, -0.15) is 0 Å². The minimum absolute atomic E-state index is 0.0844. The Kier molecular flexibility index (Phi) is 10.2. The SMILES string of the molecule is Cc1c(NC(=O)c2ccc(CNCCO)cc2)cccc1-c1cccc(-c2ccnc(N=C(N)CNCC3SC34CCC(=O)N4)c2)c1C. The summed E-state index contributed by atoms with van der Waals surface area (Å²) >= 11 is 1.80. The molecule has 1 spiro atoms. The summed E-state index contributed by atoms with van der Waals surface area (Å²) in [5, 5.41) is 22.0. The van der Waals surface area contributed by atoms with Crippen LogP contribution in [0.1, 0.15) is 39.9 Å². The lowest BCUT2D eigenvalue weighted by Gasteiger charge is -2.17. The Labute approximate surface area is 285 Å². The molecule has 0 saturated carbocycles. The Bertz CT molecular complexity index is 1850. The highest BCUT2D eigenvalue weighted by molar-refractivity contribution is 8.08. The number of benzene rings is 3. The molecule has 2 fully saturated rings. The largest absolute Gasteiger partial charge is 0.395 e. The van der Waals surface area contributed by atoms with Crippen LogP contribution in [0.25, 0.3) is 22.3 Å². The maximum atomic E-state index is 13.2. The number of carbonyl (C=O) groups excluding carboxylic acids is 2. The molecule has 2 saturated heterocycles. The zero-order valence-corrected chi connectivity index (χ0v) is 28.0. The number of nitrogens with one attached hydrogen (secondary N) is 4. The zero-order chi connectivity index (χ0) is 33.7. The highest BCUT2D eigenvalue weighted by Gasteiger charge is 2.58. The van der Waals surface area contributed by atoms with Crippen LogP contribution in [0, 0.1) is 13.8 Å². The molecule has 2 aliphatic rings. The molecule has 3 aromatic carbocycles.